The molecule has 0 aromatic carbocycles. The first-order valence-electron chi connectivity index (χ1n) is 7.25. The van der Waals surface area contributed by atoms with Crippen molar-refractivity contribution >= 4 is 11.5 Å². The van der Waals surface area contributed by atoms with E-state index >= 15 is 0 Å². The summed E-state index contributed by atoms with van der Waals surface area (Å²) in [7, 11) is 0. The smallest absolute Gasteiger partial charge is 0.287 e. The monoisotopic (exact) mass is 276 g/mol. The van der Waals surface area contributed by atoms with Crippen molar-refractivity contribution in [1.82, 2.24) is 10.3 Å². The molecular formula is C14H20N4O2. The van der Waals surface area contributed by atoms with Crippen molar-refractivity contribution in [3.63, 3.8) is 0 Å². The number of nitrogens with one attached hydrogen (secondary N) is 1. The van der Waals surface area contributed by atoms with Gasteiger partial charge in [0.25, 0.3) is 5.69 Å². The lowest BCUT2D eigenvalue weighted by Crippen LogP contribution is -2.51. The number of nitrogens with zero attached hydrogens (tertiary/aromatic N) is 3. The predicted octanol–water partition coefficient (Wildman–Crippen LogP) is 1.96. The summed E-state index contributed by atoms with van der Waals surface area (Å²) in [5.74, 6) is 0.861. The van der Waals surface area contributed by atoms with Crippen molar-refractivity contribution in [3.05, 3.63) is 28.4 Å². The van der Waals surface area contributed by atoms with Crippen molar-refractivity contribution in [2.75, 3.05) is 31.1 Å². The van der Waals surface area contributed by atoms with E-state index < -0.39 is 4.92 Å². The van der Waals surface area contributed by atoms with Crippen LogP contribution in [0.25, 0.3) is 0 Å². The van der Waals surface area contributed by atoms with Crippen LogP contribution in [0, 0.1) is 15.5 Å². The highest BCUT2D eigenvalue weighted by Crippen LogP contribution is 2.37. The van der Waals surface area contributed by atoms with Crippen molar-refractivity contribution in [2.45, 2.75) is 25.7 Å². The summed E-state index contributed by atoms with van der Waals surface area (Å²) in [6.07, 6.45) is 6.30. The van der Waals surface area contributed by atoms with E-state index in [-0.39, 0.29) is 5.69 Å². The number of hydrogen-bond acceptors (Lipinski definition) is 5. The number of hydrogen-bond donors (Lipinski definition) is 1. The van der Waals surface area contributed by atoms with Gasteiger partial charge in [0.1, 0.15) is 12.0 Å². The van der Waals surface area contributed by atoms with Gasteiger partial charge in [0, 0.05) is 31.1 Å². The Balaban J connectivity index is 1.74. The molecule has 1 spiro atoms. The van der Waals surface area contributed by atoms with Gasteiger partial charge in [0.2, 0.25) is 0 Å². The summed E-state index contributed by atoms with van der Waals surface area (Å²) in [5, 5.41) is 14.2. The molecule has 6 nitrogen and oxygen atoms in total. The third-order valence-corrected chi connectivity index (χ3v) is 4.49. The largest absolute Gasteiger partial charge is 0.356 e. The third kappa shape index (κ3) is 2.60. The molecule has 1 N–H and O–H groups in total. The molecule has 0 aliphatic carbocycles. The molecule has 2 aliphatic heterocycles. The van der Waals surface area contributed by atoms with Gasteiger partial charge in [-0.3, -0.25) is 10.1 Å². The summed E-state index contributed by atoms with van der Waals surface area (Å²) < 4.78 is 0. The van der Waals surface area contributed by atoms with Crippen LogP contribution in [0.2, 0.25) is 0 Å². The fourth-order valence-electron chi connectivity index (χ4n) is 3.46. The molecule has 1 aromatic rings. The van der Waals surface area contributed by atoms with E-state index in [0.717, 1.165) is 32.0 Å². The Hall–Kier alpha value is -1.69. The second-order valence-corrected chi connectivity index (χ2v) is 5.94. The van der Waals surface area contributed by atoms with E-state index in [1.165, 1.54) is 31.9 Å². The Morgan fingerprint density at radius 3 is 2.85 bits per heavy atom. The van der Waals surface area contributed by atoms with E-state index in [1.807, 2.05) is 0 Å². The molecule has 0 radical (unpaired) electrons. The predicted molar refractivity (Wildman–Crippen MR) is 76.9 cm³/mol. The zero-order chi connectivity index (χ0) is 14.0. The van der Waals surface area contributed by atoms with E-state index in [2.05, 4.69) is 15.2 Å². The number of nitro groups is 1. The van der Waals surface area contributed by atoms with Crippen LogP contribution in [0.1, 0.15) is 25.7 Å². The molecule has 0 bridgehead atoms. The Morgan fingerprint density at radius 2 is 2.20 bits per heavy atom. The second-order valence-electron chi connectivity index (χ2n) is 5.94. The second kappa shape index (κ2) is 5.36. The number of aromatic nitrogens is 1. The highest BCUT2D eigenvalue weighted by atomic mass is 16.6. The van der Waals surface area contributed by atoms with Gasteiger partial charge in [0.05, 0.1) is 4.92 Å². The molecule has 1 atom stereocenters. The lowest BCUT2D eigenvalue weighted by Gasteiger charge is -2.45. The Bertz CT molecular complexity index is 477. The van der Waals surface area contributed by atoms with Gasteiger partial charge >= 0.3 is 0 Å². The maximum atomic E-state index is 10.7. The lowest BCUT2D eigenvalue weighted by molar-refractivity contribution is -0.385. The molecule has 1 aromatic heterocycles. The highest BCUT2D eigenvalue weighted by molar-refractivity contribution is 5.43. The lowest BCUT2D eigenvalue weighted by atomic mass is 9.74. The van der Waals surface area contributed by atoms with Crippen LogP contribution in [0.15, 0.2) is 18.3 Å². The molecule has 2 fully saturated rings. The molecular weight excluding hydrogens is 256 g/mol. The van der Waals surface area contributed by atoms with Crippen LogP contribution < -0.4 is 10.2 Å². The molecule has 2 saturated heterocycles. The highest BCUT2D eigenvalue weighted by Gasteiger charge is 2.36. The van der Waals surface area contributed by atoms with Crippen LogP contribution in [-0.2, 0) is 0 Å². The van der Waals surface area contributed by atoms with Gasteiger partial charge in [-0.05, 0) is 38.3 Å². The number of pyridine rings is 1. The van der Waals surface area contributed by atoms with E-state index in [1.54, 1.807) is 12.1 Å². The zero-order valence-corrected chi connectivity index (χ0v) is 11.5. The summed E-state index contributed by atoms with van der Waals surface area (Å²) in [4.78, 5) is 16.8. The van der Waals surface area contributed by atoms with Crippen molar-refractivity contribution in [1.29, 1.82) is 0 Å². The normalized spacial score (nSPS) is 26.7. The summed E-state index contributed by atoms with van der Waals surface area (Å²) in [6, 6.07) is 3.32. The van der Waals surface area contributed by atoms with Crippen LogP contribution >= 0.6 is 0 Å². The first-order chi connectivity index (χ1) is 9.69. The van der Waals surface area contributed by atoms with E-state index in [4.69, 9.17) is 0 Å². The minimum atomic E-state index is -0.403. The van der Waals surface area contributed by atoms with Crippen LogP contribution in [0.5, 0.6) is 0 Å². The van der Waals surface area contributed by atoms with Crippen molar-refractivity contribution in [3.8, 4) is 0 Å². The Morgan fingerprint density at radius 1 is 1.35 bits per heavy atom. The summed E-state index contributed by atoms with van der Waals surface area (Å²) >= 11 is 0. The number of rotatable bonds is 2. The summed E-state index contributed by atoms with van der Waals surface area (Å²) in [5.41, 5.74) is 0.416. The summed E-state index contributed by atoms with van der Waals surface area (Å²) in [6.45, 7) is 4.20. The Kier molecular flexibility index (Phi) is 3.56. The van der Waals surface area contributed by atoms with Crippen LogP contribution in [-0.4, -0.2) is 36.1 Å². The van der Waals surface area contributed by atoms with Crippen molar-refractivity contribution in [2.24, 2.45) is 5.41 Å². The first-order valence-corrected chi connectivity index (χ1v) is 7.25. The van der Waals surface area contributed by atoms with Crippen molar-refractivity contribution < 1.29 is 4.92 Å². The molecule has 108 valence electrons. The van der Waals surface area contributed by atoms with Crippen LogP contribution in [0.4, 0.5) is 11.5 Å². The van der Waals surface area contributed by atoms with Gasteiger partial charge in [-0.1, -0.05) is 0 Å². The first kappa shape index (κ1) is 13.3. The fourth-order valence-corrected chi connectivity index (χ4v) is 3.46. The quantitative estimate of drug-likeness (QED) is 0.660. The maximum absolute atomic E-state index is 10.7. The minimum absolute atomic E-state index is 0.0554. The maximum Gasteiger partial charge on any atom is 0.287 e. The van der Waals surface area contributed by atoms with Gasteiger partial charge in [0.15, 0.2) is 0 Å². The molecule has 2 aliphatic rings. The third-order valence-electron chi connectivity index (χ3n) is 4.49. The minimum Gasteiger partial charge on any atom is -0.356 e. The molecule has 3 rings (SSSR count). The van der Waals surface area contributed by atoms with Crippen LogP contribution in [0.3, 0.4) is 0 Å². The average molecular weight is 276 g/mol. The fraction of sp³-hybridized carbons (Fsp3) is 0.643. The Labute approximate surface area is 118 Å². The van der Waals surface area contributed by atoms with Gasteiger partial charge in [-0.2, -0.15) is 0 Å². The van der Waals surface area contributed by atoms with Gasteiger partial charge in [-0.25, -0.2) is 4.98 Å². The SMILES string of the molecule is O=[N+]([O-])c1ccc(N2CCCC3(CCCNC3)C2)nc1. The number of anilines is 1. The molecule has 1 unspecified atom stereocenters. The topological polar surface area (TPSA) is 71.3 Å². The molecule has 0 saturated carbocycles. The molecule has 3 heterocycles. The average Bonchev–Trinajstić information content (AvgIpc) is 2.48. The van der Waals surface area contributed by atoms with Gasteiger partial charge < -0.3 is 10.2 Å². The molecule has 0 amide bonds. The molecule has 6 heteroatoms. The van der Waals surface area contributed by atoms with E-state index in [9.17, 15) is 10.1 Å². The molecule has 20 heavy (non-hydrogen) atoms. The van der Waals surface area contributed by atoms with E-state index in [0.29, 0.717) is 5.41 Å². The number of piperidine rings is 2. The van der Waals surface area contributed by atoms with Gasteiger partial charge in [-0.15, -0.1) is 0 Å². The zero-order valence-electron chi connectivity index (χ0n) is 11.5. The standard InChI is InChI=1S/C14H20N4O2/c19-18(20)12-3-4-13(16-9-12)17-8-2-6-14(11-17)5-1-7-15-10-14/h3-4,9,15H,1-2,5-8,10-11H2.